The number of carbonyl (C=O) groups is 3. The van der Waals surface area contributed by atoms with Gasteiger partial charge in [-0.25, -0.2) is 0 Å². The molecule has 1 aromatic carbocycles. The maximum atomic E-state index is 13.9. The summed E-state index contributed by atoms with van der Waals surface area (Å²) in [5.41, 5.74) is 1.99. The number of aliphatic hydroxyl groups is 4. The molecule has 7 N–H and O–H groups in total. The minimum atomic E-state index is -2.91. The van der Waals surface area contributed by atoms with E-state index in [1.165, 1.54) is 19.0 Å². The van der Waals surface area contributed by atoms with Crippen LogP contribution < -0.4 is 10.6 Å². The molecular formula is C27H33N3O8. The largest absolute Gasteiger partial charge is 0.510 e. The van der Waals surface area contributed by atoms with E-state index in [-0.39, 0.29) is 11.3 Å². The normalized spacial score (nSPS) is 33.3. The van der Waals surface area contributed by atoms with Crippen LogP contribution in [0.1, 0.15) is 48.0 Å². The molecule has 1 fully saturated rings. The number of aromatic hydroxyl groups is 1. The van der Waals surface area contributed by atoms with E-state index >= 15 is 0 Å². The third kappa shape index (κ3) is 3.28. The standard InChI is InChI=1S/C27H33N3O8/c1-11-12-7-8-13(30-9-5-4-6-10-30)20(31)15(12)21(32)16-14(11)22(33)18-19(29(2)3)23(34)17(26(28)37)25(36)27(18,38)24(16)35/h7-8,11,14,18-19,22,31,33-35,38H,4-6,9-10H2,1-3H3,(H2,28,37)/t11-,14-,18-,19+,22+,27+/m1/s1. The maximum Gasteiger partial charge on any atom is 0.255 e. The van der Waals surface area contributed by atoms with Crippen molar-refractivity contribution in [3.05, 3.63) is 45.9 Å². The van der Waals surface area contributed by atoms with Gasteiger partial charge in [0.15, 0.2) is 11.4 Å². The van der Waals surface area contributed by atoms with Crippen LogP contribution in [0.4, 0.5) is 5.69 Å². The molecule has 11 heteroatoms. The zero-order valence-electron chi connectivity index (χ0n) is 21.5. The molecule has 6 atom stereocenters. The molecule has 0 unspecified atom stereocenters. The lowest BCUT2D eigenvalue weighted by molar-refractivity contribution is -0.162. The summed E-state index contributed by atoms with van der Waals surface area (Å²) >= 11 is 0. The molecule has 3 aliphatic carbocycles. The Hall–Kier alpha value is -3.41. The highest BCUT2D eigenvalue weighted by Crippen LogP contribution is 2.56. The van der Waals surface area contributed by atoms with Crippen molar-refractivity contribution in [3.8, 4) is 5.75 Å². The van der Waals surface area contributed by atoms with Crippen LogP contribution in [0.3, 0.4) is 0 Å². The van der Waals surface area contributed by atoms with Gasteiger partial charge in [0.25, 0.3) is 5.91 Å². The molecule has 11 nitrogen and oxygen atoms in total. The van der Waals surface area contributed by atoms with E-state index < -0.39 is 75.6 Å². The van der Waals surface area contributed by atoms with Gasteiger partial charge in [0.05, 0.1) is 29.3 Å². The molecule has 0 aromatic heterocycles. The molecule has 204 valence electrons. The molecule has 1 amide bonds. The summed E-state index contributed by atoms with van der Waals surface area (Å²) in [4.78, 5) is 42.9. The SMILES string of the molecule is C[C@@H]1c2ccc(N3CCCCC3)c(O)c2C(=O)C2=C(O)[C@]3(O)C(=O)C(C(N)=O)=C(O)[C@@H](N(C)C)[C@@H]3[C@@H](O)[C@@H]21. The van der Waals surface area contributed by atoms with Crippen molar-refractivity contribution in [2.24, 2.45) is 17.6 Å². The van der Waals surface area contributed by atoms with Crippen LogP contribution in [0.15, 0.2) is 34.8 Å². The Bertz CT molecular complexity index is 1310. The summed E-state index contributed by atoms with van der Waals surface area (Å²) in [7, 11) is 3.01. The summed E-state index contributed by atoms with van der Waals surface area (Å²) in [6.45, 7) is 3.13. The lowest BCUT2D eigenvalue weighted by atomic mass is 9.55. The predicted molar refractivity (Wildman–Crippen MR) is 136 cm³/mol. The summed E-state index contributed by atoms with van der Waals surface area (Å²) < 4.78 is 0. The first-order chi connectivity index (χ1) is 17.8. The summed E-state index contributed by atoms with van der Waals surface area (Å²) in [5, 5.41) is 57.0. The second kappa shape index (κ2) is 8.82. The van der Waals surface area contributed by atoms with E-state index in [1.807, 2.05) is 4.90 Å². The van der Waals surface area contributed by atoms with Gasteiger partial charge in [0, 0.05) is 24.6 Å². The number of piperidine rings is 1. The topological polar surface area (TPSA) is 185 Å². The fourth-order valence-corrected chi connectivity index (χ4v) is 7.00. The molecule has 1 heterocycles. The van der Waals surface area contributed by atoms with Crippen LogP contribution in [0.2, 0.25) is 0 Å². The lowest BCUT2D eigenvalue weighted by Gasteiger charge is -2.53. The molecular weight excluding hydrogens is 494 g/mol. The molecule has 0 spiro atoms. The van der Waals surface area contributed by atoms with Gasteiger partial charge < -0.3 is 36.2 Å². The number of Topliss-reactive ketones (excluding diaryl/α,β-unsaturated/α-hetero) is 2. The number of hydrogen-bond donors (Lipinski definition) is 6. The highest BCUT2D eigenvalue weighted by atomic mass is 16.4. The molecule has 0 saturated carbocycles. The fraction of sp³-hybridized carbons (Fsp3) is 0.519. The lowest BCUT2D eigenvalue weighted by Crippen LogP contribution is -2.68. The van der Waals surface area contributed by atoms with Gasteiger partial charge in [-0.2, -0.15) is 0 Å². The fourth-order valence-electron chi connectivity index (χ4n) is 7.00. The van der Waals surface area contributed by atoms with E-state index in [1.54, 1.807) is 19.1 Å². The van der Waals surface area contributed by atoms with Gasteiger partial charge in [-0.05, 0) is 50.9 Å². The van der Waals surface area contributed by atoms with Gasteiger partial charge in [-0.15, -0.1) is 0 Å². The predicted octanol–water partition coefficient (Wildman–Crippen LogP) is 0.643. The quantitative estimate of drug-likeness (QED) is 0.305. The summed E-state index contributed by atoms with van der Waals surface area (Å²) in [6.07, 6.45) is 1.34. The maximum absolute atomic E-state index is 13.9. The monoisotopic (exact) mass is 527 g/mol. The number of benzene rings is 1. The Balaban J connectivity index is 1.73. The van der Waals surface area contributed by atoms with Crippen LogP contribution in [0, 0.1) is 11.8 Å². The summed E-state index contributed by atoms with van der Waals surface area (Å²) in [6, 6.07) is 2.18. The van der Waals surface area contributed by atoms with E-state index in [0.29, 0.717) is 24.3 Å². The van der Waals surface area contributed by atoms with E-state index in [9.17, 15) is 39.9 Å². The van der Waals surface area contributed by atoms with Crippen molar-refractivity contribution in [2.75, 3.05) is 32.1 Å². The molecule has 1 saturated heterocycles. The van der Waals surface area contributed by atoms with Crippen molar-refractivity contribution >= 4 is 23.2 Å². The molecule has 38 heavy (non-hydrogen) atoms. The number of fused-ring (bicyclic) bond motifs is 3. The van der Waals surface area contributed by atoms with Gasteiger partial charge in [-0.3, -0.25) is 19.3 Å². The highest BCUT2D eigenvalue weighted by Gasteiger charge is 2.67. The summed E-state index contributed by atoms with van der Waals surface area (Å²) in [5.74, 6) is -8.76. The van der Waals surface area contributed by atoms with Crippen molar-refractivity contribution in [1.82, 2.24) is 4.90 Å². The number of likely N-dealkylation sites (N-methyl/N-ethyl adjacent to an activating group) is 1. The second-order valence-electron chi connectivity index (χ2n) is 11.0. The average Bonchev–Trinajstić information content (AvgIpc) is 2.86. The molecule has 5 rings (SSSR count). The number of phenolic OH excluding ortho intramolecular Hbond substituents is 1. The second-order valence-corrected chi connectivity index (χ2v) is 11.0. The third-order valence-electron chi connectivity index (χ3n) is 8.81. The van der Waals surface area contributed by atoms with Crippen molar-refractivity contribution in [1.29, 1.82) is 0 Å². The Morgan fingerprint density at radius 1 is 1.11 bits per heavy atom. The van der Waals surface area contributed by atoms with Gasteiger partial charge >= 0.3 is 0 Å². The minimum absolute atomic E-state index is 0.0615. The van der Waals surface area contributed by atoms with Crippen molar-refractivity contribution in [3.63, 3.8) is 0 Å². The molecule has 1 aliphatic heterocycles. The van der Waals surface area contributed by atoms with Crippen LogP contribution in [-0.2, 0) is 9.59 Å². The number of carbonyl (C=O) groups excluding carboxylic acids is 3. The average molecular weight is 528 g/mol. The number of amides is 1. The van der Waals surface area contributed by atoms with Crippen molar-refractivity contribution < 1.29 is 39.9 Å². The number of primary amides is 1. The Morgan fingerprint density at radius 2 is 1.74 bits per heavy atom. The highest BCUT2D eigenvalue weighted by molar-refractivity contribution is 6.25. The molecule has 1 aromatic rings. The van der Waals surface area contributed by atoms with Crippen molar-refractivity contribution in [2.45, 2.75) is 49.9 Å². The Labute approximate surface area is 219 Å². The first-order valence-electron chi connectivity index (χ1n) is 12.8. The number of nitrogens with zero attached hydrogens (tertiary/aromatic N) is 2. The van der Waals surface area contributed by atoms with Crippen LogP contribution >= 0.6 is 0 Å². The van der Waals surface area contributed by atoms with E-state index in [4.69, 9.17) is 5.73 Å². The zero-order valence-corrected chi connectivity index (χ0v) is 21.5. The smallest absolute Gasteiger partial charge is 0.255 e. The number of aliphatic hydroxyl groups excluding tert-OH is 3. The molecule has 4 aliphatic rings. The molecule has 0 bridgehead atoms. The third-order valence-corrected chi connectivity index (χ3v) is 8.81. The Morgan fingerprint density at radius 3 is 2.32 bits per heavy atom. The molecule has 0 radical (unpaired) electrons. The van der Waals surface area contributed by atoms with E-state index in [0.717, 1.165) is 19.3 Å². The number of rotatable bonds is 3. The first kappa shape index (κ1) is 26.2. The minimum Gasteiger partial charge on any atom is -0.510 e. The van der Waals surface area contributed by atoms with Crippen LogP contribution in [0.25, 0.3) is 0 Å². The van der Waals surface area contributed by atoms with Gasteiger partial charge in [0.2, 0.25) is 5.78 Å². The van der Waals surface area contributed by atoms with Gasteiger partial charge in [-0.1, -0.05) is 13.0 Å². The van der Waals surface area contributed by atoms with Gasteiger partial charge in [0.1, 0.15) is 22.8 Å². The van der Waals surface area contributed by atoms with Crippen LogP contribution in [0.5, 0.6) is 5.75 Å². The Kier molecular flexibility index (Phi) is 6.08. The number of anilines is 1. The zero-order chi connectivity index (χ0) is 27.8. The van der Waals surface area contributed by atoms with E-state index in [2.05, 4.69) is 0 Å². The number of nitrogens with two attached hydrogens (primary N) is 1. The number of phenols is 1. The number of ketones is 2. The number of hydrogen-bond acceptors (Lipinski definition) is 10. The first-order valence-corrected chi connectivity index (χ1v) is 12.8. The van der Waals surface area contributed by atoms with Crippen LogP contribution in [-0.4, -0.2) is 92.8 Å².